The van der Waals surface area contributed by atoms with Crippen LogP contribution in [0.3, 0.4) is 0 Å². The maximum absolute atomic E-state index is 11.6. The van der Waals surface area contributed by atoms with Gasteiger partial charge >= 0.3 is 6.03 Å². The first-order valence-corrected chi connectivity index (χ1v) is 7.33. The molecule has 21 heavy (non-hydrogen) atoms. The summed E-state index contributed by atoms with van der Waals surface area (Å²) in [6, 6.07) is 7.68. The Balaban J connectivity index is 2.32. The summed E-state index contributed by atoms with van der Waals surface area (Å²) in [6.45, 7) is 7.30. The molecule has 1 aromatic rings. The molecule has 0 aliphatic heterocycles. The van der Waals surface area contributed by atoms with Gasteiger partial charge in [-0.15, -0.1) is 0 Å². The molecule has 0 saturated carbocycles. The lowest BCUT2D eigenvalue weighted by Gasteiger charge is -2.17. The topological polar surface area (TPSA) is 59.6 Å². The molecule has 1 aromatic carbocycles. The molecule has 0 spiro atoms. The second kappa shape index (κ2) is 9.23. The van der Waals surface area contributed by atoms with Crippen LogP contribution in [0, 0.1) is 0 Å². The van der Waals surface area contributed by atoms with Gasteiger partial charge < -0.3 is 20.1 Å². The second-order valence-electron chi connectivity index (χ2n) is 5.23. The molecule has 1 unspecified atom stereocenters. The minimum Gasteiger partial charge on any atom is -0.471 e. The zero-order valence-corrected chi connectivity index (χ0v) is 13.3. The van der Waals surface area contributed by atoms with Crippen molar-refractivity contribution >= 4 is 6.03 Å². The van der Waals surface area contributed by atoms with E-state index in [1.165, 1.54) is 5.56 Å². The quantitative estimate of drug-likeness (QED) is 0.572. The normalized spacial score (nSPS) is 12.0. The van der Waals surface area contributed by atoms with E-state index in [0.29, 0.717) is 19.1 Å². The molecule has 0 heterocycles. The van der Waals surface area contributed by atoms with Crippen molar-refractivity contribution in [1.29, 1.82) is 0 Å². The average molecular weight is 294 g/mol. The van der Waals surface area contributed by atoms with Gasteiger partial charge in [-0.3, -0.25) is 0 Å². The van der Waals surface area contributed by atoms with Crippen LogP contribution in [0.2, 0.25) is 0 Å². The van der Waals surface area contributed by atoms with Crippen molar-refractivity contribution in [2.24, 2.45) is 0 Å². The van der Waals surface area contributed by atoms with E-state index >= 15 is 0 Å². The summed E-state index contributed by atoms with van der Waals surface area (Å²) in [7, 11) is 1.64. The Morgan fingerprint density at radius 3 is 2.43 bits per heavy atom. The summed E-state index contributed by atoms with van der Waals surface area (Å²) in [6.07, 6.45) is 0.396. The summed E-state index contributed by atoms with van der Waals surface area (Å²) in [5.41, 5.74) is 1.26. The SMILES string of the molecule is COCCCNC(=O)NC(C)Oc1ccc(C(C)C)cc1. The van der Waals surface area contributed by atoms with Crippen LogP contribution in [0.15, 0.2) is 24.3 Å². The Morgan fingerprint density at radius 2 is 1.86 bits per heavy atom. The third-order valence-electron chi connectivity index (χ3n) is 3.00. The van der Waals surface area contributed by atoms with Crippen molar-refractivity contribution < 1.29 is 14.3 Å². The van der Waals surface area contributed by atoms with Crippen molar-refractivity contribution in [3.05, 3.63) is 29.8 Å². The highest BCUT2D eigenvalue weighted by molar-refractivity contribution is 5.73. The van der Waals surface area contributed by atoms with E-state index in [9.17, 15) is 4.79 Å². The van der Waals surface area contributed by atoms with E-state index in [1.54, 1.807) is 14.0 Å². The molecule has 5 nitrogen and oxygen atoms in total. The lowest BCUT2D eigenvalue weighted by atomic mass is 10.0. The van der Waals surface area contributed by atoms with Crippen LogP contribution in [-0.2, 0) is 4.74 Å². The van der Waals surface area contributed by atoms with Gasteiger partial charge in [-0.05, 0) is 37.0 Å². The molecule has 0 saturated heterocycles. The Hall–Kier alpha value is -1.75. The third-order valence-corrected chi connectivity index (χ3v) is 3.00. The van der Waals surface area contributed by atoms with Crippen molar-refractivity contribution in [1.82, 2.24) is 10.6 Å². The standard InChI is InChI=1S/C16H26N2O3/c1-12(2)14-6-8-15(9-7-14)21-13(3)18-16(19)17-10-5-11-20-4/h6-9,12-13H,5,10-11H2,1-4H3,(H2,17,18,19). The zero-order chi connectivity index (χ0) is 15.7. The predicted molar refractivity (Wildman–Crippen MR) is 83.6 cm³/mol. The fourth-order valence-electron chi connectivity index (χ4n) is 1.82. The summed E-state index contributed by atoms with van der Waals surface area (Å²) in [4.78, 5) is 11.6. The first kappa shape index (κ1) is 17.3. The molecule has 0 aromatic heterocycles. The molecule has 5 heteroatoms. The number of hydrogen-bond donors (Lipinski definition) is 2. The van der Waals surface area contributed by atoms with Crippen molar-refractivity contribution in [3.63, 3.8) is 0 Å². The van der Waals surface area contributed by atoms with E-state index in [4.69, 9.17) is 9.47 Å². The van der Waals surface area contributed by atoms with Gasteiger partial charge in [0.25, 0.3) is 0 Å². The molecule has 1 atom stereocenters. The Bertz CT molecular complexity index is 418. The molecule has 0 radical (unpaired) electrons. The van der Waals surface area contributed by atoms with Crippen LogP contribution in [0.5, 0.6) is 5.75 Å². The van der Waals surface area contributed by atoms with E-state index in [2.05, 4.69) is 24.5 Å². The number of rotatable bonds is 8. The van der Waals surface area contributed by atoms with Gasteiger partial charge in [0.05, 0.1) is 0 Å². The minimum atomic E-state index is -0.391. The highest BCUT2D eigenvalue weighted by Crippen LogP contribution is 2.19. The lowest BCUT2D eigenvalue weighted by molar-refractivity contribution is 0.174. The van der Waals surface area contributed by atoms with Gasteiger partial charge in [0.15, 0.2) is 6.23 Å². The summed E-state index contributed by atoms with van der Waals surface area (Å²) >= 11 is 0. The first-order chi connectivity index (χ1) is 10.0. The maximum Gasteiger partial charge on any atom is 0.317 e. The second-order valence-corrected chi connectivity index (χ2v) is 5.23. The van der Waals surface area contributed by atoms with Gasteiger partial charge in [-0.2, -0.15) is 0 Å². The van der Waals surface area contributed by atoms with Gasteiger partial charge in [-0.1, -0.05) is 26.0 Å². The Morgan fingerprint density at radius 1 is 1.19 bits per heavy atom. The number of benzene rings is 1. The lowest BCUT2D eigenvalue weighted by Crippen LogP contribution is -2.43. The van der Waals surface area contributed by atoms with E-state index < -0.39 is 6.23 Å². The van der Waals surface area contributed by atoms with Crippen LogP contribution >= 0.6 is 0 Å². The monoisotopic (exact) mass is 294 g/mol. The molecule has 1 rings (SSSR count). The molecule has 2 N–H and O–H groups in total. The molecule has 0 bridgehead atoms. The van der Waals surface area contributed by atoms with E-state index in [-0.39, 0.29) is 6.03 Å². The Kier molecular flexibility index (Phi) is 7.61. The predicted octanol–water partition coefficient (Wildman–Crippen LogP) is 2.87. The Labute approximate surface area is 127 Å². The molecule has 118 valence electrons. The number of ether oxygens (including phenoxy) is 2. The van der Waals surface area contributed by atoms with Gasteiger partial charge in [0.2, 0.25) is 0 Å². The maximum atomic E-state index is 11.6. The number of carbonyl (C=O) groups excluding carboxylic acids is 1. The minimum absolute atomic E-state index is 0.239. The largest absolute Gasteiger partial charge is 0.471 e. The molecule has 0 fully saturated rings. The molecule has 0 aliphatic carbocycles. The fourth-order valence-corrected chi connectivity index (χ4v) is 1.82. The third kappa shape index (κ3) is 6.99. The number of carbonyl (C=O) groups is 1. The highest BCUT2D eigenvalue weighted by atomic mass is 16.5. The van der Waals surface area contributed by atoms with Crippen molar-refractivity contribution in [2.75, 3.05) is 20.3 Å². The van der Waals surface area contributed by atoms with Crippen LogP contribution in [0.1, 0.15) is 38.7 Å². The molecular formula is C16H26N2O3. The highest BCUT2D eigenvalue weighted by Gasteiger charge is 2.08. The van der Waals surface area contributed by atoms with Gasteiger partial charge in [0, 0.05) is 20.3 Å². The molecule has 2 amide bonds. The number of nitrogens with one attached hydrogen (secondary N) is 2. The number of urea groups is 1. The van der Waals surface area contributed by atoms with Crippen LogP contribution in [0.4, 0.5) is 4.79 Å². The average Bonchev–Trinajstić information content (AvgIpc) is 2.44. The van der Waals surface area contributed by atoms with Crippen LogP contribution in [0.25, 0.3) is 0 Å². The summed E-state index contributed by atoms with van der Waals surface area (Å²) < 4.78 is 10.6. The van der Waals surface area contributed by atoms with E-state index in [1.807, 2.05) is 24.3 Å². The number of methoxy groups -OCH3 is 1. The smallest absolute Gasteiger partial charge is 0.317 e. The first-order valence-electron chi connectivity index (χ1n) is 7.33. The van der Waals surface area contributed by atoms with Crippen molar-refractivity contribution in [2.45, 2.75) is 39.3 Å². The number of hydrogen-bond acceptors (Lipinski definition) is 3. The summed E-state index contributed by atoms with van der Waals surface area (Å²) in [5, 5.41) is 5.48. The van der Waals surface area contributed by atoms with E-state index in [0.717, 1.165) is 12.2 Å². The molecular weight excluding hydrogens is 268 g/mol. The summed E-state index contributed by atoms with van der Waals surface area (Å²) in [5.74, 6) is 1.24. The fraction of sp³-hybridized carbons (Fsp3) is 0.562. The van der Waals surface area contributed by atoms with Crippen molar-refractivity contribution in [3.8, 4) is 5.75 Å². The van der Waals surface area contributed by atoms with Crippen LogP contribution < -0.4 is 15.4 Å². The number of amides is 2. The van der Waals surface area contributed by atoms with Gasteiger partial charge in [-0.25, -0.2) is 4.79 Å². The van der Waals surface area contributed by atoms with Gasteiger partial charge in [0.1, 0.15) is 5.75 Å². The van der Waals surface area contributed by atoms with Crippen LogP contribution in [-0.4, -0.2) is 32.5 Å². The zero-order valence-electron chi connectivity index (χ0n) is 13.3. The molecule has 0 aliphatic rings.